The summed E-state index contributed by atoms with van der Waals surface area (Å²) in [6.07, 6.45) is 1.13. The third kappa shape index (κ3) is 2.63. The van der Waals surface area contributed by atoms with Crippen molar-refractivity contribution in [1.82, 2.24) is 9.78 Å². The van der Waals surface area contributed by atoms with E-state index >= 15 is 0 Å². The van der Waals surface area contributed by atoms with Crippen LogP contribution >= 0.6 is 0 Å². The molecular weight excluding hydrogens is 264 g/mol. The summed E-state index contributed by atoms with van der Waals surface area (Å²) in [5.74, 6) is 1.26. The Kier molecular flexibility index (Phi) is 3.74. The highest BCUT2D eigenvalue weighted by Gasteiger charge is 2.17. The number of nitrogens with two attached hydrogens (primary N) is 1. The first kappa shape index (κ1) is 13.7. The van der Waals surface area contributed by atoms with Crippen molar-refractivity contribution in [3.05, 3.63) is 40.1 Å². The Bertz CT molecular complexity index is 616. The van der Waals surface area contributed by atoms with Crippen LogP contribution in [0.5, 0.6) is 11.5 Å². The molecule has 2 rings (SSSR count). The van der Waals surface area contributed by atoms with Crippen LogP contribution in [0.4, 0.5) is 11.5 Å². The molecule has 0 saturated heterocycles. The second kappa shape index (κ2) is 5.47. The monoisotopic (exact) mass is 278 g/mol. The summed E-state index contributed by atoms with van der Waals surface area (Å²) >= 11 is 0. The third-order valence-electron chi connectivity index (χ3n) is 2.80. The zero-order chi connectivity index (χ0) is 14.7. The molecule has 0 spiro atoms. The number of anilines is 1. The number of aromatic nitrogens is 2. The largest absolute Gasteiger partial charge is 0.497 e. The molecule has 0 atom stereocenters. The molecule has 2 aromatic rings. The number of hydrogen-bond donors (Lipinski definition) is 1. The predicted molar refractivity (Wildman–Crippen MR) is 71.9 cm³/mol. The van der Waals surface area contributed by atoms with Crippen LogP contribution in [0.3, 0.4) is 0 Å². The molecular formula is C12H14N4O4. The summed E-state index contributed by atoms with van der Waals surface area (Å²) in [5, 5.41) is 14.6. The van der Waals surface area contributed by atoms with E-state index in [0.29, 0.717) is 11.5 Å². The normalized spacial score (nSPS) is 10.3. The molecule has 8 heteroatoms. The van der Waals surface area contributed by atoms with Gasteiger partial charge in [-0.05, 0) is 17.7 Å². The van der Waals surface area contributed by atoms with Gasteiger partial charge in [0.25, 0.3) is 0 Å². The Hall–Kier alpha value is -2.77. The molecule has 106 valence electrons. The zero-order valence-electron chi connectivity index (χ0n) is 11.1. The molecule has 1 heterocycles. The molecule has 0 fully saturated rings. The summed E-state index contributed by atoms with van der Waals surface area (Å²) < 4.78 is 11.7. The highest BCUT2D eigenvalue weighted by Crippen LogP contribution is 2.25. The lowest BCUT2D eigenvalue weighted by molar-refractivity contribution is -0.384. The molecule has 0 aliphatic rings. The van der Waals surface area contributed by atoms with Gasteiger partial charge in [-0.15, -0.1) is 0 Å². The van der Waals surface area contributed by atoms with Crippen LogP contribution in [0.15, 0.2) is 24.4 Å². The van der Waals surface area contributed by atoms with E-state index in [1.807, 2.05) is 0 Å². The molecule has 0 aliphatic heterocycles. The summed E-state index contributed by atoms with van der Waals surface area (Å²) in [4.78, 5) is 10.2. The first-order valence-corrected chi connectivity index (χ1v) is 5.72. The fourth-order valence-electron chi connectivity index (χ4n) is 1.78. The van der Waals surface area contributed by atoms with Crippen molar-refractivity contribution in [3.63, 3.8) is 0 Å². The van der Waals surface area contributed by atoms with Crippen molar-refractivity contribution in [2.75, 3.05) is 20.0 Å². The van der Waals surface area contributed by atoms with Crippen molar-refractivity contribution in [2.24, 2.45) is 0 Å². The number of rotatable bonds is 5. The van der Waals surface area contributed by atoms with E-state index in [4.69, 9.17) is 15.2 Å². The number of nitrogen functional groups attached to an aromatic ring is 1. The fourth-order valence-corrected chi connectivity index (χ4v) is 1.78. The molecule has 2 N–H and O–H groups in total. The lowest BCUT2D eigenvalue weighted by Gasteiger charge is -2.09. The number of benzene rings is 1. The minimum absolute atomic E-state index is 0.0109. The van der Waals surface area contributed by atoms with Gasteiger partial charge >= 0.3 is 5.69 Å². The van der Waals surface area contributed by atoms with Crippen LogP contribution in [-0.2, 0) is 6.54 Å². The first-order valence-electron chi connectivity index (χ1n) is 5.72. The Balaban J connectivity index is 2.32. The highest BCUT2D eigenvalue weighted by atomic mass is 16.6. The Labute approximate surface area is 114 Å². The van der Waals surface area contributed by atoms with Gasteiger partial charge in [-0.1, -0.05) is 0 Å². The van der Waals surface area contributed by atoms with E-state index in [1.54, 1.807) is 32.4 Å². The number of ether oxygens (including phenoxy) is 2. The molecule has 1 aromatic heterocycles. The maximum absolute atomic E-state index is 10.7. The van der Waals surface area contributed by atoms with E-state index < -0.39 is 4.92 Å². The standard InChI is InChI=1S/C12H14N4O4/c1-19-9-3-8(4-10(5-9)20-2)7-15-12(13)11(6-14-15)16(17)18/h3-6H,7,13H2,1-2H3. The van der Waals surface area contributed by atoms with Gasteiger partial charge in [-0.25, -0.2) is 4.68 Å². The molecule has 0 unspecified atom stereocenters. The molecule has 0 saturated carbocycles. The van der Waals surface area contributed by atoms with Gasteiger partial charge in [0, 0.05) is 6.07 Å². The zero-order valence-corrected chi connectivity index (χ0v) is 11.1. The molecule has 0 radical (unpaired) electrons. The fraction of sp³-hybridized carbons (Fsp3) is 0.250. The van der Waals surface area contributed by atoms with Crippen LogP contribution in [0.2, 0.25) is 0 Å². The van der Waals surface area contributed by atoms with Gasteiger partial charge in [0.2, 0.25) is 5.82 Å². The van der Waals surface area contributed by atoms with Crippen LogP contribution < -0.4 is 15.2 Å². The lowest BCUT2D eigenvalue weighted by atomic mass is 10.2. The molecule has 0 bridgehead atoms. The number of hydrogen-bond acceptors (Lipinski definition) is 6. The number of nitro groups is 1. The van der Waals surface area contributed by atoms with Gasteiger partial charge in [-0.3, -0.25) is 10.1 Å². The summed E-state index contributed by atoms with van der Waals surface area (Å²) in [5.41, 5.74) is 6.29. The smallest absolute Gasteiger partial charge is 0.330 e. The third-order valence-corrected chi connectivity index (χ3v) is 2.80. The minimum Gasteiger partial charge on any atom is -0.497 e. The van der Waals surface area contributed by atoms with Crippen LogP contribution in [0.1, 0.15) is 5.56 Å². The quantitative estimate of drug-likeness (QED) is 0.655. The van der Waals surface area contributed by atoms with Crippen molar-refractivity contribution in [2.45, 2.75) is 6.54 Å². The predicted octanol–water partition coefficient (Wildman–Crippen LogP) is 1.44. The Morgan fingerprint density at radius 3 is 2.35 bits per heavy atom. The van der Waals surface area contributed by atoms with Crippen LogP contribution in [0.25, 0.3) is 0 Å². The average molecular weight is 278 g/mol. The molecule has 8 nitrogen and oxygen atoms in total. The second-order valence-corrected chi connectivity index (χ2v) is 4.05. The highest BCUT2D eigenvalue weighted by molar-refractivity contribution is 5.51. The summed E-state index contributed by atoms with van der Waals surface area (Å²) in [6, 6.07) is 5.31. The van der Waals surface area contributed by atoms with E-state index in [1.165, 1.54) is 4.68 Å². The topological polar surface area (TPSA) is 105 Å². The molecule has 0 aliphatic carbocycles. The van der Waals surface area contributed by atoms with E-state index in [9.17, 15) is 10.1 Å². The molecule has 0 amide bonds. The number of nitrogens with zero attached hydrogens (tertiary/aromatic N) is 3. The van der Waals surface area contributed by atoms with E-state index in [0.717, 1.165) is 11.8 Å². The first-order chi connectivity index (χ1) is 9.55. The summed E-state index contributed by atoms with van der Waals surface area (Å²) in [6.45, 7) is 0.285. The average Bonchev–Trinajstić information content (AvgIpc) is 2.79. The maximum Gasteiger partial charge on any atom is 0.330 e. The van der Waals surface area contributed by atoms with E-state index in [-0.39, 0.29) is 18.1 Å². The van der Waals surface area contributed by atoms with Crippen LogP contribution in [-0.4, -0.2) is 28.9 Å². The van der Waals surface area contributed by atoms with Crippen molar-refractivity contribution < 1.29 is 14.4 Å². The minimum atomic E-state index is -0.564. The number of methoxy groups -OCH3 is 2. The Morgan fingerprint density at radius 1 is 1.30 bits per heavy atom. The van der Waals surface area contributed by atoms with Gasteiger partial charge in [-0.2, -0.15) is 5.10 Å². The summed E-state index contributed by atoms with van der Waals surface area (Å²) in [7, 11) is 3.09. The lowest BCUT2D eigenvalue weighted by Crippen LogP contribution is -2.07. The van der Waals surface area contributed by atoms with Crippen molar-refractivity contribution in [1.29, 1.82) is 0 Å². The Morgan fingerprint density at radius 2 is 1.90 bits per heavy atom. The van der Waals surface area contributed by atoms with Gasteiger partial charge in [0.05, 0.1) is 25.7 Å². The SMILES string of the molecule is COc1cc(Cn2ncc([N+](=O)[O-])c2N)cc(OC)c1. The van der Waals surface area contributed by atoms with E-state index in [2.05, 4.69) is 5.10 Å². The van der Waals surface area contributed by atoms with Gasteiger partial charge in [0.15, 0.2) is 0 Å². The van der Waals surface area contributed by atoms with Gasteiger partial charge < -0.3 is 15.2 Å². The molecule has 20 heavy (non-hydrogen) atoms. The van der Waals surface area contributed by atoms with Crippen molar-refractivity contribution >= 4 is 11.5 Å². The maximum atomic E-state index is 10.7. The van der Waals surface area contributed by atoms with Gasteiger partial charge in [0.1, 0.15) is 17.7 Å². The molecule has 1 aromatic carbocycles. The second-order valence-electron chi connectivity index (χ2n) is 4.05. The van der Waals surface area contributed by atoms with Crippen LogP contribution in [0, 0.1) is 10.1 Å². The van der Waals surface area contributed by atoms with Crippen molar-refractivity contribution in [3.8, 4) is 11.5 Å².